The molecule has 2 N–H and O–H groups in total. The number of rotatable bonds is 4. The van der Waals surface area contributed by atoms with Crippen LogP contribution in [0.15, 0.2) is 23.1 Å². The molecule has 0 saturated heterocycles. The maximum absolute atomic E-state index is 10.9. The van der Waals surface area contributed by atoms with E-state index in [-0.39, 0.29) is 5.56 Å². The van der Waals surface area contributed by atoms with Crippen LogP contribution in [0.2, 0.25) is 0 Å². The molecule has 0 bridgehead atoms. The smallest absolute Gasteiger partial charge is 0.247 e. The highest BCUT2D eigenvalue weighted by atomic mass is 32.1. The van der Waals surface area contributed by atoms with E-state index in [1.54, 1.807) is 12.3 Å². The summed E-state index contributed by atoms with van der Waals surface area (Å²) in [6.45, 7) is 4.90. The Morgan fingerprint density at radius 2 is 2.24 bits per heavy atom. The summed E-state index contributed by atoms with van der Waals surface area (Å²) in [5.74, 6) is 0. The van der Waals surface area contributed by atoms with E-state index in [4.69, 9.17) is 0 Å². The van der Waals surface area contributed by atoms with Crippen LogP contribution in [0.25, 0.3) is 10.6 Å². The van der Waals surface area contributed by atoms with Gasteiger partial charge in [0.25, 0.3) is 0 Å². The first kappa shape index (κ1) is 11.9. The summed E-state index contributed by atoms with van der Waals surface area (Å²) in [7, 11) is 0. The van der Waals surface area contributed by atoms with Crippen LogP contribution in [0.4, 0.5) is 0 Å². The lowest BCUT2D eigenvalue weighted by molar-refractivity contribution is 0.585. The van der Waals surface area contributed by atoms with E-state index in [1.807, 2.05) is 0 Å². The Kier molecular flexibility index (Phi) is 3.65. The van der Waals surface area contributed by atoms with E-state index >= 15 is 0 Å². The molecule has 0 aliphatic heterocycles. The van der Waals surface area contributed by atoms with Gasteiger partial charge in [0.05, 0.1) is 0 Å². The molecule has 0 aromatic carbocycles. The predicted molar refractivity (Wildman–Crippen MR) is 67.9 cm³/mol. The maximum Gasteiger partial charge on any atom is 0.247 e. The lowest BCUT2D eigenvalue weighted by Crippen LogP contribution is -2.21. The molecule has 0 aliphatic rings. The minimum absolute atomic E-state index is 0.111. The van der Waals surface area contributed by atoms with Crippen LogP contribution in [0, 0.1) is 0 Å². The van der Waals surface area contributed by atoms with E-state index in [0.717, 1.165) is 22.1 Å². The van der Waals surface area contributed by atoms with Crippen LogP contribution in [0.1, 0.15) is 18.9 Å². The summed E-state index contributed by atoms with van der Waals surface area (Å²) in [6.07, 6.45) is 1.66. The Morgan fingerprint density at radius 1 is 1.41 bits per heavy atom. The van der Waals surface area contributed by atoms with Crippen molar-refractivity contribution in [3.63, 3.8) is 0 Å². The third kappa shape index (κ3) is 3.21. The van der Waals surface area contributed by atoms with Gasteiger partial charge in [-0.3, -0.25) is 4.79 Å². The number of nitrogens with zero attached hydrogens (tertiary/aromatic N) is 2. The number of aromatic nitrogens is 3. The molecule has 0 fully saturated rings. The van der Waals surface area contributed by atoms with Gasteiger partial charge in [-0.1, -0.05) is 25.2 Å². The molecular weight excluding hydrogens is 236 g/mol. The van der Waals surface area contributed by atoms with Crippen molar-refractivity contribution in [1.29, 1.82) is 0 Å². The van der Waals surface area contributed by atoms with Crippen molar-refractivity contribution >= 4 is 11.3 Å². The molecule has 0 unspecified atom stereocenters. The van der Waals surface area contributed by atoms with Crippen molar-refractivity contribution in [2.75, 3.05) is 0 Å². The molecule has 0 radical (unpaired) electrons. The molecule has 0 saturated carbocycles. The van der Waals surface area contributed by atoms with Crippen molar-refractivity contribution < 1.29 is 0 Å². The second-order valence-electron chi connectivity index (χ2n) is 3.98. The van der Waals surface area contributed by atoms with Crippen LogP contribution in [-0.2, 0) is 6.54 Å². The van der Waals surface area contributed by atoms with Crippen molar-refractivity contribution in [3.05, 3.63) is 33.7 Å². The van der Waals surface area contributed by atoms with Crippen LogP contribution < -0.4 is 10.9 Å². The highest BCUT2D eigenvalue weighted by molar-refractivity contribution is 7.14. The van der Waals surface area contributed by atoms with Gasteiger partial charge in [-0.05, 0) is 6.07 Å². The molecule has 90 valence electrons. The molecule has 2 aromatic heterocycles. The zero-order chi connectivity index (χ0) is 12.3. The minimum atomic E-state index is -0.111. The fourth-order valence-corrected chi connectivity index (χ4v) is 2.06. The standard InChI is InChI=1S/C11H14N4OS/c1-7(2)12-6-10-14-15-11(17-10)8-3-4-9(16)13-5-8/h3-5,7,12H,6H2,1-2H3,(H,13,16). The molecule has 0 aliphatic carbocycles. The minimum Gasteiger partial charge on any atom is -0.328 e. The number of hydrogen-bond donors (Lipinski definition) is 2. The largest absolute Gasteiger partial charge is 0.328 e. The molecule has 2 rings (SSSR count). The van der Waals surface area contributed by atoms with Gasteiger partial charge in [0.2, 0.25) is 5.56 Å². The lowest BCUT2D eigenvalue weighted by Gasteiger charge is -2.03. The fourth-order valence-electron chi connectivity index (χ4n) is 1.28. The van der Waals surface area contributed by atoms with Gasteiger partial charge >= 0.3 is 0 Å². The molecule has 5 nitrogen and oxygen atoms in total. The van der Waals surface area contributed by atoms with E-state index in [0.29, 0.717) is 6.04 Å². The van der Waals surface area contributed by atoms with Crippen molar-refractivity contribution in [2.45, 2.75) is 26.4 Å². The molecule has 6 heteroatoms. The highest BCUT2D eigenvalue weighted by Crippen LogP contribution is 2.21. The normalized spacial score (nSPS) is 11.0. The molecule has 2 heterocycles. The topological polar surface area (TPSA) is 70.7 Å². The first-order valence-corrected chi connectivity index (χ1v) is 6.21. The number of nitrogens with one attached hydrogen (secondary N) is 2. The first-order valence-electron chi connectivity index (χ1n) is 5.40. The third-order valence-corrected chi connectivity index (χ3v) is 3.13. The van der Waals surface area contributed by atoms with E-state index in [1.165, 1.54) is 17.4 Å². The third-order valence-electron chi connectivity index (χ3n) is 2.16. The Balaban J connectivity index is 2.12. The highest BCUT2D eigenvalue weighted by Gasteiger charge is 2.06. The van der Waals surface area contributed by atoms with Crippen LogP contribution in [0.3, 0.4) is 0 Å². The Bertz CT molecular complexity index is 526. The van der Waals surface area contributed by atoms with Gasteiger partial charge in [-0.15, -0.1) is 10.2 Å². The van der Waals surface area contributed by atoms with Gasteiger partial charge in [-0.2, -0.15) is 0 Å². The molecule has 0 atom stereocenters. The summed E-state index contributed by atoms with van der Waals surface area (Å²) in [6, 6.07) is 3.66. The number of H-pyrrole nitrogens is 1. The average molecular weight is 250 g/mol. The molecule has 0 spiro atoms. The van der Waals surface area contributed by atoms with Gasteiger partial charge in [0.15, 0.2) is 0 Å². The zero-order valence-corrected chi connectivity index (χ0v) is 10.5. The Labute approximate surface area is 103 Å². The first-order chi connectivity index (χ1) is 8.15. The van der Waals surface area contributed by atoms with Gasteiger partial charge < -0.3 is 10.3 Å². The van der Waals surface area contributed by atoms with E-state index in [9.17, 15) is 4.79 Å². The van der Waals surface area contributed by atoms with Crippen LogP contribution >= 0.6 is 11.3 Å². The van der Waals surface area contributed by atoms with Crippen molar-refractivity contribution in [1.82, 2.24) is 20.5 Å². The Hall–Kier alpha value is -1.53. The van der Waals surface area contributed by atoms with Crippen LogP contribution in [-0.4, -0.2) is 21.2 Å². The summed E-state index contributed by atoms with van der Waals surface area (Å²) in [4.78, 5) is 13.6. The SMILES string of the molecule is CC(C)NCc1nnc(-c2ccc(=O)[nH]c2)s1. The monoisotopic (exact) mass is 250 g/mol. The Morgan fingerprint density at radius 3 is 2.88 bits per heavy atom. The lowest BCUT2D eigenvalue weighted by atomic mass is 10.3. The van der Waals surface area contributed by atoms with E-state index in [2.05, 4.69) is 34.3 Å². The summed E-state index contributed by atoms with van der Waals surface area (Å²) in [5.41, 5.74) is 0.776. The van der Waals surface area contributed by atoms with E-state index < -0.39 is 0 Å². The molecule has 17 heavy (non-hydrogen) atoms. The summed E-state index contributed by atoms with van der Waals surface area (Å²) in [5, 5.41) is 13.3. The average Bonchev–Trinajstić information content (AvgIpc) is 2.76. The zero-order valence-electron chi connectivity index (χ0n) is 9.73. The quantitative estimate of drug-likeness (QED) is 0.860. The molecule has 2 aromatic rings. The maximum atomic E-state index is 10.9. The van der Waals surface area contributed by atoms with Crippen molar-refractivity contribution in [3.8, 4) is 10.6 Å². The fraction of sp³-hybridized carbons (Fsp3) is 0.364. The summed E-state index contributed by atoms with van der Waals surface area (Å²) >= 11 is 1.53. The number of pyridine rings is 1. The number of aromatic amines is 1. The van der Waals surface area contributed by atoms with Gasteiger partial charge in [0, 0.05) is 30.4 Å². The second-order valence-corrected chi connectivity index (χ2v) is 5.04. The molecular formula is C11H14N4OS. The number of hydrogen-bond acceptors (Lipinski definition) is 5. The van der Waals surface area contributed by atoms with Gasteiger partial charge in [-0.25, -0.2) is 0 Å². The summed E-state index contributed by atoms with van der Waals surface area (Å²) < 4.78 is 0. The van der Waals surface area contributed by atoms with Crippen LogP contribution in [0.5, 0.6) is 0 Å². The molecule has 0 amide bonds. The second kappa shape index (κ2) is 5.20. The predicted octanol–water partition coefficient (Wildman–Crippen LogP) is 1.39. The van der Waals surface area contributed by atoms with Crippen molar-refractivity contribution in [2.24, 2.45) is 0 Å². The van der Waals surface area contributed by atoms with Gasteiger partial charge in [0.1, 0.15) is 10.0 Å².